The number of nitrogens with two attached hydrogens (primary N) is 1. The molecule has 1 aromatic heterocycles. The van der Waals surface area contributed by atoms with Gasteiger partial charge < -0.3 is 10.7 Å². The number of rotatable bonds is 1. The first kappa shape index (κ1) is 10.2. The number of aromatic nitrogens is 2. The van der Waals surface area contributed by atoms with Crippen molar-refractivity contribution in [2.45, 2.75) is 38.5 Å². The zero-order chi connectivity index (χ0) is 10.8. The standard InChI is InChI=1S/C11H17N3O/c1-7-2-4-8(5-3-7)11-13-9(12)6-10(15)14-11/h6-8H,2-5H2,1H3,(H3,12,13,14,15). The summed E-state index contributed by atoms with van der Waals surface area (Å²) in [6.45, 7) is 2.27. The normalized spacial score (nSPS) is 26.5. The molecular formula is C11H17N3O. The number of nitrogen functional groups attached to an aromatic ring is 1. The van der Waals surface area contributed by atoms with Crippen molar-refractivity contribution >= 4 is 5.82 Å². The van der Waals surface area contributed by atoms with Crippen molar-refractivity contribution < 1.29 is 0 Å². The maximum absolute atomic E-state index is 11.2. The Morgan fingerprint density at radius 1 is 1.40 bits per heavy atom. The van der Waals surface area contributed by atoms with E-state index < -0.39 is 0 Å². The minimum Gasteiger partial charge on any atom is -0.383 e. The molecule has 1 heterocycles. The fraction of sp³-hybridized carbons (Fsp3) is 0.636. The summed E-state index contributed by atoms with van der Waals surface area (Å²) < 4.78 is 0. The molecule has 1 saturated carbocycles. The van der Waals surface area contributed by atoms with Gasteiger partial charge in [-0.2, -0.15) is 0 Å². The first-order valence-electron chi connectivity index (χ1n) is 5.52. The van der Waals surface area contributed by atoms with E-state index in [0.29, 0.717) is 11.7 Å². The Morgan fingerprint density at radius 3 is 2.67 bits per heavy atom. The number of hydrogen-bond acceptors (Lipinski definition) is 3. The zero-order valence-electron chi connectivity index (χ0n) is 8.99. The smallest absolute Gasteiger partial charge is 0.252 e. The monoisotopic (exact) mass is 207 g/mol. The fourth-order valence-electron chi connectivity index (χ4n) is 2.22. The van der Waals surface area contributed by atoms with Gasteiger partial charge in [-0.05, 0) is 18.8 Å². The molecule has 1 aliphatic rings. The average molecular weight is 207 g/mol. The molecule has 15 heavy (non-hydrogen) atoms. The van der Waals surface area contributed by atoms with Crippen LogP contribution in [0, 0.1) is 5.92 Å². The summed E-state index contributed by atoms with van der Waals surface area (Å²) in [6.07, 6.45) is 4.63. The summed E-state index contributed by atoms with van der Waals surface area (Å²) in [6, 6.07) is 1.33. The molecule has 1 aromatic rings. The number of H-pyrrole nitrogens is 1. The Morgan fingerprint density at radius 2 is 2.07 bits per heavy atom. The van der Waals surface area contributed by atoms with Gasteiger partial charge >= 0.3 is 0 Å². The van der Waals surface area contributed by atoms with Crippen molar-refractivity contribution in [2.24, 2.45) is 5.92 Å². The lowest BCUT2D eigenvalue weighted by Gasteiger charge is -2.25. The van der Waals surface area contributed by atoms with Gasteiger partial charge in [-0.3, -0.25) is 4.79 Å². The molecule has 4 heteroatoms. The predicted molar refractivity (Wildman–Crippen MR) is 59.6 cm³/mol. The highest BCUT2D eigenvalue weighted by Gasteiger charge is 2.21. The van der Waals surface area contributed by atoms with E-state index in [1.807, 2.05) is 0 Å². The molecular weight excluding hydrogens is 190 g/mol. The molecule has 1 fully saturated rings. The number of nitrogens with one attached hydrogen (secondary N) is 1. The molecule has 0 radical (unpaired) electrons. The number of aromatic amines is 1. The Kier molecular flexibility index (Phi) is 2.75. The molecule has 4 nitrogen and oxygen atoms in total. The van der Waals surface area contributed by atoms with Crippen molar-refractivity contribution in [1.29, 1.82) is 0 Å². The minimum atomic E-state index is -0.142. The van der Waals surface area contributed by atoms with E-state index in [0.717, 1.165) is 24.6 Å². The van der Waals surface area contributed by atoms with E-state index in [9.17, 15) is 4.79 Å². The van der Waals surface area contributed by atoms with Crippen LogP contribution >= 0.6 is 0 Å². The lowest BCUT2D eigenvalue weighted by Crippen LogP contribution is -2.18. The first-order valence-corrected chi connectivity index (χ1v) is 5.52. The van der Waals surface area contributed by atoms with Gasteiger partial charge in [-0.15, -0.1) is 0 Å². The summed E-state index contributed by atoms with van der Waals surface area (Å²) >= 11 is 0. The van der Waals surface area contributed by atoms with Crippen LogP contribution < -0.4 is 11.3 Å². The summed E-state index contributed by atoms with van der Waals surface area (Å²) in [7, 11) is 0. The van der Waals surface area contributed by atoms with Crippen LogP contribution in [0.1, 0.15) is 44.3 Å². The lowest BCUT2D eigenvalue weighted by atomic mass is 9.82. The molecule has 0 spiro atoms. The Balaban J connectivity index is 2.19. The van der Waals surface area contributed by atoms with Gasteiger partial charge in [0.2, 0.25) is 0 Å². The maximum Gasteiger partial charge on any atom is 0.252 e. The topological polar surface area (TPSA) is 71.8 Å². The number of nitrogens with zero attached hydrogens (tertiary/aromatic N) is 1. The largest absolute Gasteiger partial charge is 0.383 e. The van der Waals surface area contributed by atoms with Crippen LogP contribution in [0.15, 0.2) is 10.9 Å². The van der Waals surface area contributed by atoms with Crippen molar-refractivity contribution in [3.8, 4) is 0 Å². The van der Waals surface area contributed by atoms with E-state index in [-0.39, 0.29) is 5.56 Å². The van der Waals surface area contributed by atoms with Crippen molar-refractivity contribution in [3.63, 3.8) is 0 Å². The fourth-order valence-corrected chi connectivity index (χ4v) is 2.22. The minimum absolute atomic E-state index is 0.142. The molecule has 0 saturated heterocycles. The van der Waals surface area contributed by atoms with E-state index in [4.69, 9.17) is 5.73 Å². The van der Waals surface area contributed by atoms with Crippen molar-refractivity contribution in [2.75, 3.05) is 5.73 Å². The molecule has 0 aromatic carbocycles. The lowest BCUT2D eigenvalue weighted by molar-refractivity contribution is 0.339. The van der Waals surface area contributed by atoms with E-state index >= 15 is 0 Å². The van der Waals surface area contributed by atoms with Crippen LogP contribution in [0.4, 0.5) is 5.82 Å². The third-order valence-electron chi connectivity index (χ3n) is 3.18. The van der Waals surface area contributed by atoms with Crippen LogP contribution in [0.2, 0.25) is 0 Å². The van der Waals surface area contributed by atoms with Gasteiger partial charge in [0, 0.05) is 12.0 Å². The summed E-state index contributed by atoms with van der Waals surface area (Å²) in [4.78, 5) is 18.2. The highest BCUT2D eigenvalue weighted by atomic mass is 16.1. The second kappa shape index (κ2) is 4.04. The van der Waals surface area contributed by atoms with E-state index in [1.165, 1.54) is 18.9 Å². The molecule has 0 bridgehead atoms. The third-order valence-corrected chi connectivity index (χ3v) is 3.18. The molecule has 0 aliphatic heterocycles. The summed E-state index contributed by atoms with van der Waals surface area (Å²) in [5.74, 6) is 2.28. The van der Waals surface area contributed by atoms with Crippen LogP contribution in [-0.2, 0) is 0 Å². The maximum atomic E-state index is 11.2. The van der Waals surface area contributed by atoms with Crippen LogP contribution in [-0.4, -0.2) is 9.97 Å². The van der Waals surface area contributed by atoms with Gasteiger partial charge in [-0.25, -0.2) is 4.98 Å². The average Bonchev–Trinajstić information content (AvgIpc) is 2.17. The van der Waals surface area contributed by atoms with Gasteiger partial charge in [-0.1, -0.05) is 19.8 Å². The summed E-state index contributed by atoms with van der Waals surface area (Å²) in [5, 5.41) is 0. The first-order chi connectivity index (χ1) is 7.15. The predicted octanol–water partition coefficient (Wildman–Crippen LogP) is 1.65. The van der Waals surface area contributed by atoms with Gasteiger partial charge in [0.1, 0.15) is 11.6 Å². The van der Waals surface area contributed by atoms with E-state index in [1.54, 1.807) is 0 Å². The van der Waals surface area contributed by atoms with Gasteiger partial charge in [0.15, 0.2) is 0 Å². The quantitative estimate of drug-likeness (QED) is 0.735. The molecule has 82 valence electrons. The molecule has 0 atom stereocenters. The van der Waals surface area contributed by atoms with Crippen LogP contribution in [0.5, 0.6) is 0 Å². The number of hydrogen-bond donors (Lipinski definition) is 2. The van der Waals surface area contributed by atoms with Crippen molar-refractivity contribution in [1.82, 2.24) is 9.97 Å². The zero-order valence-corrected chi connectivity index (χ0v) is 8.99. The molecule has 0 unspecified atom stereocenters. The SMILES string of the molecule is CC1CCC(c2nc(N)cc(=O)[nH]2)CC1. The second-order valence-electron chi connectivity index (χ2n) is 4.51. The highest BCUT2D eigenvalue weighted by molar-refractivity contribution is 5.26. The molecule has 2 rings (SSSR count). The third kappa shape index (κ3) is 2.37. The van der Waals surface area contributed by atoms with Crippen LogP contribution in [0.3, 0.4) is 0 Å². The summed E-state index contributed by atoms with van der Waals surface area (Å²) in [5.41, 5.74) is 5.42. The van der Waals surface area contributed by atoms with E-state index in [2.05, 4.69) is 16.9 Å². The molecule has 0 amide bonds. The van der Waals surface area contributed by atoms with Crippen molar-refractivity contribution in [3.05, 3.63) is 22.2 Å². The van der Waals surface area contributed by atoms with Gasteiger partial charge in [0.05, 0.1) is 0 Å². The molecule has 3 N–H and O–H groups in total. The molecule has 1 aliphatic carbocycles. The van der Waals surface area contributed by atoms with Crippen LogP contribution in [0.25, 0.3) is 0 Å². The Labute approximate surface area is 88.9 Å². The Hall–Kier alpha value is -1.32. The highest BCUT2D eigenvalue weighted by Crippen LogP contribution is 2.33. The number of anilines is 1. The van der Waals surface area contributed by atoms with Gasteiger partial charge in [0.25, 0.3) is 5.56 Å². The second-order valence-corrected chi connectivity index (χ2v) is 4.51. The Bertz CT molecular complexity index is 391.